The Hall–Kier alpha value is -0.550. The van der Waals surface area contributed by atoms with Gasteiger partial charge in [0.15, 0.2) is 0 Å². The molecule has 0 aromatic carbocycles. The number of fused-ring (bicyclic) bond motifs is 2. The summed E-state index contributed by atoms with van der Waals surface area (Å²) in [7, 11) is 2.24. The molecular weight excluding hydrogens is 148 g/mol. The summed E-state index contributed by atoms with van der Waals surface area (Å²) >= 11 is 0. The summed E-state index contributed by atoms with van der Waals surface area (Å²) in [6, 6.07) is 3.89. The number of nitriles is 1. The molecule has 12 heavy (non-hydrogen) atoms. The quantitative estimate of drug-likeness (QED) is 0.590. The van der Waals surface area contributed by atoms with Crippen LogP contribution in [0.5, 0.6) is 0 Å². The zero-order chi connectivity index (χ0) is 8.55. The van der Waals surface area contributed by atoms with E-state index in [0.29, 0.717) is 5.92 Å². The number of hydrogen-bond donors (Lipinski definition) is 0. The van der Waals surface area contributed by atoms with Crippen molar-refractivity contribution in [2.75, 3.05) is 7.05 Å². The number of piperidine rings is 1. The zero-order valence-corrected chi connectivity index (χ0v) is 7.66. The highest BCUT2D eigenvalue weighted by Gasteiger charge is 2.37. The van der Waals surface area contributed by atoms with Gasteiger partial charge in [-0.2, -0.15) is 5.26 Å². The van der Waals surface area contributed by atoms with Crippen LogP contribution in [0.2, 0.25) is 0 Å². The Kier molecular flexibility index (Phi) is 2.06. The first-order chi connectivity index (χ1) is 5.81. The van der Waals surface area contributed by atoms with Gasteiger partial charge >= 0.3 is 0 Å². The van der Waals surface area contributed by atoms with Gasteiger partial charge in [0.1, 0.15) is 0 Å². The van der Waals surface area contributed by atoms with E-state index in [0.717, 1.165) is 18.5 Å². The third kappa shape index (κ3) is 1.23. The third-order valence-corrected chi connectivity index (χ3v) is 3.58. The molecule has 0 aliphatic carbocycles. The molecule has 2 heteroatoms. The largest absolute Gasteiger partial charge is 0.300 e. The van der Waals surface area contributed by atoms with Gasteiger partial charge in [-0.15, -0.1) is 0 Å². The maximum atomic E-state index is 8.61. The third-order valence-electron chi connectivity index (χ3n) is 3.58. The van der Waals surface area contributed by atoms with Crippen molar-refractivity contribution in [3.63, 3.8) is 0 Å². The topological polar surface area (TPSA) is 27.0 Å². The van der Waals surface area contributed by atoms with Gasteiger partial charge in [-0.3, -0.25) is 0 Å². The van der Waals surface area contributed by atoms with E-state index in [-0.39, 0.29) is 0 Å². The molecule has 2 nitrogen and oxygen atoms in total. The minimum atomic E-state index is 0.698. The molecule has 2 heterocycles. The van der Waals surface area contributed by atoms with Crippen molar-refractivity contribution < 1.29 is 0 Å². The van der Waals surface area contributed by atoms with E-state index in [1.807, 2.05) is 0 Å². The number of hydrogen-bond acceptors (Lipinski definition) is 2. The van der Waals surface area contributed by atoms with Crippen molar-refractivity contribution in [2.24, 2.45) is 5.92 Å². The second-order valence-corrected chi connectivity index (χ2v) is 4.25. The fraction of sp³-hybridized carbons (Fsp3) is 0.900. The van der Waals surface area contributed by atoms with Gasteiger partial charge in [0.25, 0.3) is 0 Å². The van der Waals surface area contributed by atoms with Crippen molar-refractivity contribution >= 4 is 0 Å². The van der Waals surface area contributed by atoms with Crippen LogP contribution in [0.15, 0.2) is 0 Å². The molecule has 0 spiro atoms. The van der Waals surface area contributed by atoms with E-state index in [1.54, 1.807) is 0 Å². The highest BCUT2D eigenvalue weighted by Crippen LogP contribution is 2.38. The first kappa shape index (κ1) is 8.07. The van der Waals surface area contributed by atoms with Gasteiger partial charge in [0.2, 0.25) is 0 Å². The van der Waals surface area contributed by atoms with Crippen molar-refractivity contribution in [1.29, 1.82) is 5.26 Å². The summed E-state index contributed by atoms with van der Waals surface area (Å²) < 4.78 is 0. The van der Waals surface area contributed by atoms with Crippen molar-refractivity contribution in [3.8, 4) is 6.07 Å². The molecule has 2 aliphatic heterocycles. The molecule has 0 aromatic heterocycles. The van der Waals surface area contributed by atoms with Crippen LogP contribution < -0.4 is 0 Å². The summed E-state index contributed by atoms with van der Waals surface area (Å²) in [6.45, 7) is 0. The standard InChI is InChI=1S/C10H16N2/c1-12-9-2-3-10(12)7-8(6-9)4-5-11/h8-10H,2-4,6-7H2,1H3. The summed E-state index contributed by atoms with van der Waals surface area (Å²) in [5.41, 5.74) is 0. The van der Waals surface area contributed by atoms with Crippen molar-refractivity contribution in [2.45, 2.75) is 44.2 Å². The molecule has 66 valence electrons. The van der Waals surface area contributed by atoms with Crippen LogP contribution in [-0.2, 0) is 0 Å². The first-order valence-electron chi connectivity index (χ1n) is 4.90. The molecule has 2 fully saturated rings. The molecule has 2 rings (SSSR count). The summed E-state index contributed by atoms with van der Waals surface area (Å²) in [4.78, 5) is 2.52. The fourth-order valence-electron chi connectivity index (χ4n) is 2.82. The van der Waals surface area contributed by atoms with Gasteiger partial charge in [0.05, 0.1) is 6.07 Å². The molecule has 0 N–H and O–H groups in total. The highest BCUT2D eigenvalue weighted by atomic mass is 15.2. The first-order valence-corrected chi connectivity index (χ1v) is 4.90. The molecule has 2 saturated heterocycles. The molecular formula is C10H16N2. The predicted molar refractivity (Wildman–Crippen MR) is 47.5 cm³/mol. The Morgan fingerprint density at radius 3 is 2.42 bits per heavy atom. The van der Waals surface area contributed by atoms with Gasteiger partial charge in [-0.05, 0) is 38.6 Å². The Morgan fingerprint density at radius 2 is 1.92 bits per heavy atom. The molecule has 2 atom stereocenters. The number of rotatable bonds is 1. The van der Waals surface area contributed by atoms with Crippen LogP contribution in [0.3, 0.4) is 0 Å². The molecule has 0 radical (unpaired) electrons. The maximum absolute atomic E-state index is 8.61. The summed E-state index contributed by atoms with van der Waals surface area (Å²) in [5.74, 6) is 0.698. The highest BCUT2D eigenvalue weighted by molar-refractivity contribution is 4.95. The SMILES string of the molecule is CN1C2CCC1CC(CC#N)C2. The van der Waals surface area contributed by atoms with Crippen molar-refractivity contribution in [3.05, 3.63) is 0 Å². The molecule has 2 bridgehead atoms. The van der Waals surface area contributed by atoms with Crippen LogP contribution in [0.4, 0.5) is 0 Å². The molecule has 0 saturated carbocycles. The smallest absolute Gasteiger partial charge is 0.0624 e. The average molecular weight is 164 g/mol. The monoisotopic (exact) mass is 164 g/mol. The van der Waals surface area contributed by atoms with Crippen molar-refractivity contribution in [1.82, 2.24) is 4.90 Å². The van der Waals surface area contributed by atoms with Crippen LogP contribution in [-0.4, -0.2) is 24.0 Å². The van der Waals surface area contributed by atoms with Crippen LogP contribution >= 0.6 is 0 Å². The summed E-state index contributed by atoms with van der Waals surface area (Å²) in [5, 5.41) is 8.61. The normalized spacial score (nSPS) is 41.2. The Bertz CT molecular complexity index is 192. The second kappa shape index (κ2) is 3.06. The van der Waals surface area contributed by atoms with E-state index >= 15 is 0 Å². The fourth-order valence-corrected chi connectivity index (χ4v) is 2.82. The van der Waals surface area contributed by atoms with Gasteiger partial charge in [-0.1, -0.05) is 0 Å². The minimum Gasteiger partial charge on any atom is -0.300 e. The Morgan fingerprint density at radius 1 is 1.33 bits per heavy atom. The van der Waals surface area contributed by atoms with Crippen LogP contribution in [0, 0.1) is 17.2 Å². The molecule has 0 aromatic rings. The minimum absolute atomic E-state index is 0.698. The van der Waals surface area contributed by atoms with Gasteiger partial charge in [-0.25, -0.2) is 0 Å². The average Bonchev–Trinajstić information content (AvgIpc) is 2.33. The van der Waals surface area contributed by atoms with Gasteiger partial charge in [0, 0.05) is 18.5 Å². The maximum Gasteiger partial charge on any atom is 0.0624 e. The molecule has 2 unspecified atom stereocenters. The van der Waals surface area contributed by atoms with Crippen LogP contribution in [0.25, 0.3) is 0 Å². The lowest BCUT2D eigenvalue weighted by molar-refractivity contribution is 0.136. The molecule has 0 amide bonds. The Balaban J connectivity index is 1.99. The lowest BCUT2D eigenvalue weighted by atomic mass is 9.89. The predicted octanol–water partition coefficient (Wildman–Crippen LogP) is 1.77. The molecule has 2 aliphatic rings. The van der Waals surface area contributed by atoms with E-state index in [2.05, 4.69) is 18.0 Å². The summed E-state index contributed by atoms with van der Waals surface area (Å²) in [6.07, 6.45) is 6.04. The lowest BCUT2D eigenvalue weighted by Gasteiger charge is -2.35. The Labute approximate surface area is 74.2 Å². The zero-order valence-electron chi connectivity index (χ0n) is 7.66. The van der Waals surface area contributed by atoms with E-state index in [1.165, 1.54) is 25.7 Å². The lowest BCUT2D eigenvalue weighted by Crippen LogP contribution is -2.39. The van der Waals surface area contributed by atoms with E-state index < -0.39 is 0 Å². The van der Waals surface area contributed by atoms with Crippen LogP contribution in [0.1, 0.15) is 32.1 Å². The van der Waals surface area contributed by atoms with E-state index in [9.17, 15) is 0 Å². The van der Waals surface area contributed by atoms with Gasteiger partial charge < -0.3 is 4.90 Å². The number of nitrogens with zero attached hydrogens (tertiary/aromatic N) is 2. The second-order valence-electron chi connectivity index (χ2n) is 4.25. The van der Waals surface area contributed by atoms with E-state index in [4.69, 9.17) is 5.26 Å².